The van der Waals surface area contributed by atoms with E-state index < -0.39 is 76.3 Å². The van der Waals surface area contributed by atoms with E-state index in [1.807, 2.05) is 0 Å². The van der Waals surface area contributed by atoms with Gasteiger partial charge in [-0.05, 0) is 30.5 Å². The fourth-order valence-electron chi connectivity index (χ4n) is 3.56. The van der Waals surface area contributed by atoms with E-state index in [1.54, 1.807) is 30.3 Å². The molecule has 0 fully saturated rings. The van der Waals surface area contributed by atoms with Crippen molar-refractivity contribution in [2.24, 2.45) is 0 Å². The number of hydrogen-bond acceptors (Lipinski definition) is 12. The van der Waals surface area contributed by atoms with Gasteiger partial charge in [-0.1, -0.05) is 54.6 Å². The summed E-state index contributed by atoms with van der Waals surface area (Å²) in [5, 5.41) is 22.5. The molecule has 3 rings (SSSR count). The summed E-state index contributed by atoms with van der Waals surface area (Å²) in [6.45, 7) is -0.742. The number of rotatable bonds is 15. The van der Waals surface area contributed by atoms with Crippen LogP contribution in [0.25, 0.3) is 0 Å². The second-order valence-electron chi connectivity index (χ2n) is 8.31. The van der Waals surface area contributed by atoms with E-state index in [0.717, 1.165) is 29.8 Å². The Bertz CT molecular complexity index is 1610. The Balaban J connectivity index is 1.73. The van der Waals surface area contributed by atoms with Gasteiger partial charge >= 0.3 is 26.2 Å². The molecule has 0 aliphatic rings. The third-order valence-corrected chi connectivity index (χ3v) is 8.23. The van der Waals surface area contributed by atoms with Crippen LogP contribution in [0.4, 0.5) is 11.4 Å². The first-order valence-electron chi connectivity index (χ1n) is 11.9. The van der Waals surface area contributed by atoms with Crippen LogP contribution in [0.2, 0.25) is 0 Å². The lowest BCUT2D eigenvalue weighted by Gasteiger charge is -2.17. The number of benzene rings is 3. The summed E-state index contributed by atoms with van der Waals surface area (Å²) < 4.78 is 66.0. The quantitative estimate of drug-likeness (QED) is 0.0800. The molecular weight excluding hydrogens is 584 g/mol. The zero-order chi connectivity index (χ0) is 30.0. The average molecular weight is 609 g/mol. The molecule has 3 aromatic carbocycles. The molecule has 0 spiro atoms. The maximum absolute atomic E-state index is 12.9. The second-order valence-corrected chi connectivity index (χ2v) is 11.4. The van der Waals surface area contributed by atoms with Crippen molar-refractivity contribution in [3.05, 3.63) is 105 Å². The number of nitro groups is 2. The lowest BCUT2D eigenvalue weighted by atomic mass is 10.2. The number of carbonyl (C=O) groups excluding carboxylic acids is 1. The highest BCUT2D eigenvalue weighted by atomic mass is 32.2. The number of nitrogens with zero attached hydrogens (tertiary/aromatic N) is 2. The van der Waals surface area contributed by atoms with Crippen LogP contribution in [0.3, 0.4) is 0 Å². The van der Waals surface area contributed by atoms with E-state index in [4.69, 9.17) is 13.1 Å². The maximum Gasteiger partial charge on any atom is 0.336 e. The third-order valence-electron chi connectivity index (χ3n) is 5.50. The van der Waals surface area contributed by atoms with E-state index in [9.17, 15) is 41.9 Å². The Kier molecular flexibility index (Phi) is 10.6. The predicted molar refractivity (Wildman–Crippen MR) is 142 cm³/mol. The Labute approximate surface area is 235 Å². The van der Waals surface area contributed by atoms with Gasteiger partial charge in [-0.15, -0.1) is 0 Å². The largest absolute Gasteiger partial charge is 0.463 e. The molecule has 0 aliphatic heterocycles. The number of hydrogen-bond donors (Lipinski definition) is 0. The van der Waals surface area contributed by atoms with Gasteiger partial charge in [0, 0.05) is 18.6 Å². The second kappa shape index (κ2) is 13.9. The highest BCUT2D eigenvalue weighted by Gasteiger charge is 2.33. The van der Waals surface area contributed by atoms with Gasteiger partial charge in [-0.25, -0.2) is 4.79 Å². The van der Waals surface area contributed by atoms with E-state index in [0.29, 0.717) is 6.42 Å². The van der Waals surface area contributed by atoms with Crippen molar-refractivity contribution < 1.29 is 44.6 Å². The minimum absolute atomic E-state index is 0.142. The van der Waals surface area contributed by atoms with Gasteiger partial charge in [0.15, 0.2) is 15.9 Å². The molecule has 0 saturated heterocycles. The van der Waals surface area contributed by atoms with Crippen LogP contribution in [0.15, 0.2) is 88.7 Å². The molecule has 14 nitrogen and oxygen atoms in total. The summed E-state index contributed by atoms with van der Waals surface area (Å²) in [4.78, 5) is 32.0. The highest BCUT2D eigenvalue weighted by Crippen LogP contribution is 2.27. The van der Waals surface area contributed by atoms with Gasteiger partial charge in [0.25, 0.3) is 11.4 Å². The number of nitro benzene ring substituents is 2. The molecule has 1 atom stereocenters. The summed E-state index contributed by atoms with van der Waals surface area (Å²) in [5.74, 6) is -1.11. The molecule has 0 amide bonds. The molecule has 1 unspecified atom stereocenters. The standard InChI is InChI=1S/C25H24N2O12S2/c28-25(37-18-16-19-9-2-1-3-10-19)22(39-41(35,36)24-15-7-5-12-21(24)27(31)32)13-8-17-38-40(33,34)23-14-6-4-11-20(23)26(29)30/h1-7,9-12,14-15,22H,8,13,16-18H2. The molecule has 3 aromatic rings. The van der Waals surface area contributed by atoms with Gasteiger partial charge in [-0.3, -0.25) is 28.6 Å². The molecule has 0 heterocycles. The maximum atomic E-state index is 12.9. The first-order chi connectivity index (χ1) is 19.4. The number of esters is 1. The van der Waals surface area contributed by atoms with Crippen LogP contribution in [-0.2, 0) is 44.6 Å². The van der Waals surface area contributed by atoms with Gasteiger partial charge in [0.1, 0.15) is 0 Å². The van der Waals surface area contributed by atoms with Crippen molar-refractivity contribution in [1.82, 2.24) is 0 Å². The summed E-state index contributed by atoms with van der Waals surface area (Å²) in [6.07, 6.45) is -2.22. The van der Waals surface area contributed by atoms with Crippen molar-refractivity contribution in [2.45, 2.75) is 35.2 Å². The van der Waals surface area contributed by atoms with Gasteiger partial charge in [0.05, 0.1) is 23.1 Å². The third kappa shape index (κ3) is 8.62. The summed E-state index contributed by atoms with van der Waals surface area (Å²) >= 11 is 0. The van der Waals surface area contributed by atoms with Gasteiger partial charge in [-0.2, -0.15) is 16.8 Å². The predicted octanol–water partition coefficient (Wildman–Crippen LogP) is 3.55. The van der Waals surface area contributed by atoms with Gasteiger partial charge in [0.2, 0.25) is 0 Å². The zero-order valence-corrected chi connectivity index (χ0v) is 22.9. The topological polar surface area (TPSA) is 199 Å². The molecule has 0 bridgehead atoms. The van der Waals surface area contributed by atoms with Crippen molar-refractivity contribution >= 4 is 37.6 Å². The molecule has 41 heavy (non-hydrogen) atoms. The van der Waals surface area contributed by atoms with Crippen molar-refractivity contribution in [3.8, 4) is 0 Å². The lowest BCUT2D eigenvalue weighted by molar-refractivity contribution is -0.388. The Hall–Kier alpha value is -4.25. The minimum Gasteiger partial charge on any atom is -0.463 e. The van der Waals surface area contributed by atoms with E-state index in [-0.39, 0.29) is 13.0 Å². The molecule has 0 radical (unpaired) electrons. The monoisotopic (exact) mass is 608 g/mol. The number of para-hydroxylation sites is 2. The summed E-state index contributed by atoms with van der Waals surface area (Å²) in [7, 11) is -9.44. The summed E-state index contributed by atoms with van der Waals surface area (Å²) in [5.41, 5.74) is -0.646. The average Bonchev–Trinajstić information content (AvgIpc) is 2.95. The molecule has 0 aliphatic carbocycles. The number of ether oxygens (including phenoxy) is 1. The van der Waals surface area contributed by atoms with E-state index in [1.165, 1.54) is 24.3 Å². The van der Waals surface area contributed by atoms with Crippen molar-refractivity contribution in [1.29, 1.82) is 0 Å². The van der Waals surface area contributed by atoms with Crippen LogP contribution in [-0.4, -0.2) is 52.0 Å². The summed E-state index contributed by atoms with van der Waals surface area (Å²) in [6, 6.07) is 17.8. The van der Waals surface area contributed by atoms with Crippen LogP contribution >= 0.6 is 0 Å². The first kappa shape index (κ1) is 31.3. The van der Waals surface area contributed by atoms with Crippen LogP contribution < -0.4 is 0 Å². The Morgan fingerprint density at radius 1 is 0.732 bits per heavy atom. The van der Waals surface area contributed by atoms with Crippen molar-refractivity contribution in [3.63, 3.8) is 0 Å². The zero-order valence-electron chi connectivity index (χ0n) is 21.2. The molecular formula is C25H24N2O12S2. The van der Waals surface area contributed by atoms with Crippen LogP contribution in [0, 0.1) is 20.2 Å². The number of carbonyl (C=O) groups is 1. The smallest absolute Gasteiger partial charge is 0.336 e. The van der Waals surface area contributed by atoms with Crippen LogP contribution in [0.5, 0.6) is 0 Å². The van der Waals surface area contributed by atoms with E-state index in [2.05, 4.69) is 0 Å². The molecule has 16 heteroatoms. The molecule has 0 N–H and O–H groups in total. The van der Waals surface area contributed by atoms with Gasteiger partial charge < -0.3 is 4.74 Å². The molecule has 0 aromatic heterocycles. The first-order valence-corrected chi connectivity index (χ1v) is 14.7. The fourth-order valence-corrected chi connectivity index (χ4v) is 5.89. The fraction of sp³-hybridized carbons (Fsp3) is 0.240. The Morgan fingerprint density at radius 3 is 1.80 bits per heavy atom. The SMILES string of the molecule is O=C(OCCc1ccccc1)C(CCCOS(=O)(=O)c1ccccc1[N+](=O)[O-])OS(=O)(=O)c1ccccc1[N+](=O)[O-]. The van der Waals surface area contributed by atoms with Crippen molar-refractivity contribution in [2.75, 3.05) is 13.2 Å². The van der Waals surface area contributed by atoms with E-state index >= 15 is 0 Å². The lowest BCUT2D eigenvalue weighted by Crippen LogP contribution is -2.30. The Morgan fingerprint density at radius 2 is 1.24 bits per heavy atom. The minimum atomic E-state index is -4.86. The highest BCUT2D eigenvalue weighted by molar-refractivity contribution is 7.87. The van der Waals surface area contributed by atoms with Crippen LogP contribution in [0.1, 0.15) is 18.4 Å². The normalized spacial score (nSPS) is 12.4. The molecule has 0 saturated carbocycles. The molecule has 218 valence electrons.